The van der Waals surface area contributed by atoms with Crippen LogP contribution in [0.25, 0.3) is 22.3 Å². The second kappa shape index (κ2) is 7.21. The van der Waals surface area contributed by atoms with E-state index in [4.69, 9.17) is 11.6 Å². The zero-order chi connectivity index (χ0) is 20.7. The number of hydrogen-bond acceptors (Lipinski definition) is 4. The minimum absolute atomic E-state index is 0.0623. The Hall–Kier alpha value is -3.40. The topological polar surface area (TPSA) is 88.5 Å². The fourth-order valence-corrected chi connectivity index (χ4v) is 3.21. The Morgan fingerprint density at radius 1 is 1.28 bits per heavy atom. The summed E-state index contributed by atoms with van der Waals surface area (Å²) in [6.07, 6.45) is -1.58. The van der Waals surface area contributed by atoms with Crippen LogP contribution in [0.4, 0.5) is 19.0 Å². The minimum Gasteiger partial charge on any atom is -0.338 e. The molecule has 29 heavy (non-hydrogen) atoms. The van der Waals surface area contributed by atoms with E-state index in [0.29, 0.717) is 5.39 Å². The molecule has 0 atom stereocenters. The van der Waals surface area contributed by atoms with Crippen LogP contribution in [0.1, 0.15) is 22.6 Å². The van der Waals surface area contributed by atoms with Crippen molar-refractivity contribution in [2.75, 3.05) is 5.32 Å². The van der Waals surface area contributed by atoms with E-state index >= 15 is 0 Å². The Balaban J connectivity index is 1.74. The fourth-order valence-electron chi connectivity index (χ4n) is 2.90. The highest BCUT2D eigenvalue weighted by Crippen LogP contribution is 2.38. The molecular weight excluding hydrogens is 409 g/mol. The van der Waals surface area contributed by atoms with Gasteiger partial charge in [-0.05, 0) is 30.3 Å². The van der Waals surface area contributed by atoms with Gasteiger partial charge in [-0.25, -0.2) is 27.8 Å². The number of H-pyrrole nitrogens is 1. The summed E-state index contributed by atoms with van der Waals surface area (Å²) in [6.45, 7) is 0. The van der Waals surface area contributed by atoms with E-state index in [1.54, 1.807) is 13.1 Å². The first kappa shape index (κ1) is 18.9. The lowest BCUT2D eigenvalue weighted by Gasteiger charge is -2.08. The van der Waals surface area contributed by atoms with E-state index in [-0.39, 0.29) is 39.1 Å². The maximum atomic E-state index is 13.7. The number of nitrogens with zero attached hydrogens (tertiary/aromatic N) is 4. The highest BCUT2D eigenvalue weighted by molar-refractivity contribution is 6.38. The number of halogens is 4. The number of pyridine rings is 1. The van der Waals surface area contributed by atoms with Gasteiger partial charge in [0.2, 0.25) is 5.82 Å². The lowest BCUT2D eigenvalue weighted by atomic mass is 10.0. The van der Waals surface area contributed by atoms with Crippen molar-refractivity contribution >= 4 is 34.4 Å². The number of rotatable bonds is 4. The largest absolute Gasteiger partial charge is 0.338 e. The van der Waals surface area contributed by atoms with E-state index in [1.807, 2.05) is 0 Å². The molecule has 0 saturated carbocycles. The molecule has 0 saturated heterocycles. The van der Waals surface area contributed by atoms with Crippen molar-refractivity contribution in [3.63, 3.8) is 0 Å². The molecule has 0 aliphatic heterocycles. The van der Waals surface area contributed by atoms with Crippen molar-refractivity contribution in [3.05, 3.63) is 58.9 Å². The molecule has 1 aromatic carbocycles. The molecule has 7 nitrogen and oxygen atoms in total. The molecule has 0 aliphatic rings. The van der Waals surface area contributed by atoms with Crippen LogP contribution in [0.2, 0.25) is 5.02 Å². The molecule has 2 N–H and O–H groups in total. The van der Waals surface area contributed by atoms with E-state index in [0.717, 1.165) is 18.2 Å². The number of alkyl halides is 2. The summed E-state index contributed by atoms with van der Waals surface area (Å²) in [6, 6.07) is 6.02. The van der Waals surface area contributed by atoms with Gasteiger partial charge in [-0.3, -0.25) is 4.79 Å². The first-order chi connectivity index (χ1) is 13.8. The fraction of sp³-hybridized carbons (Fsp3) is 0.111. The van der Waals surface area contributed by atoms with Gasteiger partial charge in [0.05, 0.1) is 10.7 Å². The van der Waals surface area contributed by atoms with Crippen molar-refractivity contribution in [2.45, 2.75) is 6.43 Å². The lowest BCUT2D eigenvalue weighted by Crippen LogP contribution is -2.18. The van der Waals surface area contributed by atoms with Gasteiger partial charge in [0.25, 0.3) is 12.3 Å². The molecule has 0 fully saturated rings. The predicted molar refractivity (Wildman–Crippen MR) is 100 cm³/mol. The molecule has 3 heterocycles. The van der Waals surface area contributed by atoms with Gasteiger partial charge in [-0.2, -0.15) is 5.10 Å². The van der Waals surface area contributed by atoms with Crippen molar-refractivity contribution in [3.8, 4) is 11.3 Å². The monoisotopic (exact) mass is 420 g/mol. The van der Waals surface area contributed by atoms with Crippen LogP contribution >= 0.6 is 11.6 Å². The molecule has 0 aliphatic carbocycles. The molecular formula is C18H12ClF3N6O. The van der Waals surface area contributed by atoms with Gasteiger partial charge < -0.3 is 10.3 Å². The van der Waals surface area contributed by atoms with Gasteiger partial charge in [0.15, 0.2) is 0 Å². The van der Waals surface area contributed by atoms with Crippen molar-refractivity contribution in [1.82, 2.24) is 24.7 Å². The summed E-state index contributed by atoms with van der Waals surface area (Å²) in [5.74, 6) is -0.940. The first-order valence-corrected chi connectivity index (χ1v) is 8.64. The number of amides is 1. The molecule has 148 valence electrons. The van der Waals surface area contributed by atoms with Crippen LogP contribution in [0.5, 0.6) is 0 Å². The normalized spacial score (nSPS) is 11.4. The highest BCUT2D eigenvalue weighted by atomic mass is 35.5. The second-order valence-electron chi connectivity index (χ2n) is 6.10. The third kappa shape index (κ3) is 3.42. The number of nitrogens with one attached hydrogen (secondary N) is 2. The van der Waals surface area contributed by atoms with Gasteiger partial charge in [0, 0.05) is 23.6 Å². The molecule has 0 unspecified atom stereocenters. The van der Waals surface area contributed by atoms with E-state index in [9.17, 15) is 18.0 Å². The smallest absolute Gasteiger partial charge is 0.294 e. The van der Waals surface area contributed by atoms with Crippen molar-refractivity contribution in [1.29, 1.82) is 0 Å². The van der Waals surface area contributed by atoms with E-state index in [2.05, 4.69) is 25.4 Å². The van der Waals surface area contributed by atoms with E-state index in [1.165, 1.54) is 17.1 Å². The predicted octanol–water partition coefficient (Wildman–Crippen LogP) is 4.34. The number of benzene rings is 1. The Morgan fingerprint density at radius 3 is 2.76 bits per heavy atom. The highest BCUT2D eigenvalue weighted by Gasteiger charge is 2.21. The van der Waals surface area contributed by atoms with Gasteiger partial charge >= 0.3 is 0 Å². The average molecular weight is 421 g/mol. The quantitative estimate of drug-likeness (QED) is 0.514. The maximum absolute atomic E-state index is 13.7. The summed E-state index contributed by atoms with van der Waals surface area (Å²) in [5, 5.41) is 6.93. The zero-order valence-corrected chi connectivity index (χ0v) is 15.5. The van der Waals surface area contributed by atoms with Crippen LogP contribution in [-0.4, -0.2) is 30.6 Å². The van der Waals surface area contributed by atoms with Gasteiger partial charge in [0.1, 0.15) is 23.6 Å². The summed E-state index contributed by atoms with van der Waals surface area (Å²) in [4.78, 5) is 23.2. The number of hydrogen-bond donors (Lipinski definition) is 2. The maximum Gasteiger partial charge on any atom is 0.294 e. The lowest BCUT2D eigenvalue weighted by molar-refractivity contribution is 0.101. The number of fused-ring (bicyclic) bond motifs is 1. The average Bonchev–Trinajstić information content (AvgIpc) is 3.24. The Bertz CT molecular complexity index is 1240. The molecule has 4 rings (SSSR count). The molecule has 0 spiro atoms. The van der Waals surface area contributed by atoms with Crippen LogP contribution in [0.3, 0.4) is 0 Å². The Morgan fingerprint density at radius 2 is 2.07 bits per heavy atom. The van der Waals surface area contributed by atoms with Crippen LogP contribution in [-0.2, 0) is 7.05 Å². The summed E-state index contributed by atoms with van der Waals surface area (Å²) < 4.78 is 41.7. The number of aromatic nitrogens is 5. The van der Waals surface area contributed by atoms with Crippen molar-refractivity contribution < 1.29 is 18.0 Å². The second-order valence-corrected chi connectivity index (χ2v) is 6.48. The number of aryl methyl sites for hydroxylation is 1. The Labute approximate surface area is 166 Å². The summed E-state index contributed by atoms with van der Waals surface area (Å²) >= 11 is 6.33. The van der Waals surface area contributed by atoms with Crippen LogP contribution in [0.15, 0.2) is 36.7 Å². The zero-order valence-electron chi connectivity index (χ0n) is 14.8. The third-order valence-electron chi connectivity index (χ3n) is 4.27. The molecule has 1 amide bonds. The molecule has 0 bridgehead atoms. The standard InChI is InChI=1S/C18H12ClF3N6O/c1-28-17(23-7-24-28)18(29)26-12-5-4-10-13(19)14(27-16(10)25-12)11-6-8(20)2-3-9(11)15(21)22/h2-7,15H,1H3,(H2,25,26,27,29). The SMILES string of the molecule is Cn1ncnc1C(=O)Nc1ccc2c(Cl)c(-c3cc(F)ccc3C(F)F)[nH]c2n1. The van der Waals surface area contributed by atoms with Gasteiger partial charge in [-0.1, -0.05) is 11.6 Å². The Kier molecular flexibility index (Phi) is 4.71. The molecule has 0 radical (unpaired) electrons. The molecule has 11 heteroatoms. The summed E-state index contributed by atoms with van der Waals surface area (Å²) in [7, 11) is 1.56. The number of carbonyl (C=O) groups is 1. The van der Waals surface area contributed by atoms with Crippen LogP contribution < -0.4 is 5.32 Å². The first-order valence-electron chi connectivity index (χ1n) is 8.26. The molecule has 3 aromatic heterocycles. The molecule has 4 aromatic rings. The number of carbonyl (C=O) groups excluding carboxylic acids is 1. The van der Waals surface area contributed by atoms with Crippen LogP contribution in [0, 0.1) is 5.82 Å². The summed E-state index contributed by atoms with van der Waals surface area (Å²) in [5.41, 5.74) is -0.0747. The number of anilines is 1. The number of aromatic amines is 1. The van der Waals surface area contributed by atoms with Crippen molar-refractivity contribution in [2.24, 2.45) is 7.05 Å². The minimum atomic E-state index is -2.82. The van der Waals surface area contributed by atoms with E-state index < -0.39 is 18.1 Å². The third-order valence-corrected chi connectivity index (χ3v) is 4.66. The van der Waals surface area contributed by atoms with Gasteiger partial charge in [-0.15, -0.1) is 0 Å².